The van der Waals surface area contributed by atoms with Gasteiger partial charge in [0.15, 0.2) is 0 Å². The van der Waals surface area contributed by atoms with Gasteiger partial charge in [-0.05, 0) is 35.9 Å². The normalized spacial score (nSPS) is 10.3. The summed E-state index contributed by atoms with van der Waals surface area (Å²) in [6.45, 7) is 0. The summed E-state index contributed by atoms with van der Waals surface area (Å²) < 4.78 is 23.2. The number of hydrogen-bond acceptors (Lipinski definition) is 4. The zero-order chi connectivity index (χ0) is 15.9. The second-order valence-electron chi connectivity index (χ2n) is 4.64. The molecule has 0 unspecified atom stereocenters. The number of rotatable bonds is 6. The fourth-order valence-corrected chi connectivity index (χ4v) is 3.01. The molecular formula is C17H17FO3S. The number of hydrogen-bond donors (Lipinski definition) is 0. The SMILES string of the molecule is COC(=O)c1cccc(CSCc2cc(F)ccc2OC)c1. The summed E-state index contributed by atoms with van der Waals surface area (Å²) in [6.07, 6.45) is 0. The van der Waals surface area contributed by atoms with Gasteiger partial charge in [0.25, 0.3) is 0 Å². The van der Waals surface area contributed by atoms with E-state index in [9.17, 15) is 9.18 Å². The van der Waals surface area contributed by atoms with Crippen LogP contribution in [0.1, 0.15) is 21.5 Å². The van der Waals surface area contributed by atoms with Gasteiger partial charge in [-0.25, -0.2) is 9.18 Å². The summed E-state index contributed by atoms with van der Waals surface area (Å²) in [5.74, 6) is 1.40. The van der Waals surface area contributed by atoms with Crippen molar-refractivity contribution in [2.24, 2.45) is 0 Å². The Morgan fingerprint density at radius 2 is 1.95 bits per heavy atom. The van der Waals surface area contributed by atoms with Crippen molar-refractivity contribution in [1.29, 1.82) is 0 Å². The first-order valence-corrected chi connectivity index (χ1v) is 7.87. The van der Waals surface area contributed by atoms with Gasteiger partial charge < -0.3 is 9.47 Å². The molecule has 0 aliphatic rings. The maximum Gasteiger partial charge on any atom is 0.337 e. The maximum absolute atomic E-state index is 13.3. The molecule has 0 bridgehead atoms. The van der Waals surface area contributed by atoms with Crippen molar-refractivity contribution in [2.45, 2.75) is 11.5 Å². The van der Waals surface area contributed by atoms with Gasteiger partial charge in [0, 0.05) is 17.1 Å². The second-order valence-corrected chi connectivity index (χ2v) is 5.63. The summed E-state index contributed by atoms with van der Waals surface area (Å²) in [5.41, 5.74) is 2.36. The largest absolute Gasteiger partial charge is 0.496 e. The van der Waals surface area contributed by atoms with Crippen LogP contribution in [0.4, 0.5) is 4.39 Å². The molecule has 116 valence electrons. The monoisotopic (exact) mass is 320 g/mol. The molecule has 0 atom stereocenters. The Balaban J connectivity index is 1.99. The number of esters is 1. The van der Waals surface area contributed by atoms with E-state index < -0.39 is 0 Å². The predicted octanol–water partition coefficient (Wildman–Crippen LogP) is 4.05. The summed E-state index contributed by atoms with van der Waals surface area (Å²) in [7, 11) is 2.93. The van der Waals surface area contributed by atoms with E-state index in [1.54, 1.807) is 31.0 Å². The average Bonchev–Trinajstić information content (AvgIpc) is 2.54. The van der Waals surface area contributed by atoms with E-state index in [0.29, 0.717) is 22.8 Å². The van der Waals surface area contributed by atoms with Crippen LogP contribution < -0.4 is 4.74 Å². The first-order chi connectivity index (χ1) is 10.6. The molecule has 0 radical (unpaired) electrons. The zero-order valence-electron chi connectivity index (χ0n) is 12.5. The third-order valence-corrected chi connectivity index (χ3v) is 4.17. The fraction of sp³-hybridized carbons (Fsp3) is 0.235. The summed E-state index contributed by atoms with van der Waals surface area (Å²) in [6, 6.07) is 11.8. The molecule has 0 saturated heterocycles. The van der Waals surface area contributed by atoms with Gasteiger partial charge in [-0.1, -0.05) is 12.1 Å². The van der Waals surface area contributed by atoms with E-state index in [4.69, 9.17) is 9.47 Å². The molecule has 0 aliphatic heterocycles. The number of halogens is 1. The quantitative estimate of drug-likeness (QED) is 0.752. The van der Waals surface area contributed by atoms with Crippen molar-refractivity contribution in [3.63, 3.8) is 0 Å². The summed E-state index contributed by atoms with van der Waals surface area (Å²) in [5, 5.41) is 0. The Labute approximate surface area is 133 Å². The highest BCUT2D eigenvalue weighted by Gasteiger charge is 2.07. The Hall–Kier alpha value is -2.01. The van der Waals surface area contributed by atoms with Crippen LogP contribution >= 0.6 is 11.8 Å². The van der Waals surface area contributed by atoms with Crippen LogP contribution in [0, 0.1) is 5.82 Å². The van der Waals surface area contributed by atoms with E-state index in [2.05, 4.69) is 0 Å². The number of methoxy groups -OCH3 is 2. The highest BCUT2D eigenvalue weighted by atomic mass is 32.2. The molecule has 0 fully saturated rings. The van der Waals surface area contributed by atoms with E-state index in [1.165, 1.54) is 19.2 Å². The summed E-state index contributed by atoms with van der Waals surface area (Å²) in [4.78, 5) is 11.5. The third-order valence-electron chi connectivity index (χ3n) is 3.12. The second kappa shape index (κ2) is 7.84. The van der Waals surface area contributed by atoms with Crippen LogP contribution in [0.25, 0.3) is 0 Å². The van der Waals surface area contributed by atoms with Crippen LogP contribution in [0.15, 0.2) is 42.5 Å². The van der Waals surface area contributed by atoms with Crippen LogP contribution in [0.3, 0.4) is 0 Å². The van der Waals surface area contributed by atoms with Gasteiger partial charge >= 0.3 is 5.97 Å². The van der Waals surface area contributed by atoms with Crippen molar-refractivity contribution >= 4 is 17.7 Å². The third kappa shape index (κ3) is 4.24. The van der Waals surface area contributed by atoms with E-state index in [0.717, 1.165) is 11.1 Å². The molecule has 2 rings (SSSR count). The van der Waals surface area contributed by atoms with E-state index >= 15 is 0 Å². The number of carbonyl (C=O) groups is 1. The lowest BCUT2D eigenvalue weighted by atomic mass is 10.1. The zero-order valence-corrected chi connectivity index (χ0v) is 13.3. The number of carbonyl (C=O) groups excluding carboxylic acids is 1. The van der Waals surface area contributed by atoms with Crippen LogP contribution in [-0.4, -0.2) is 20.2 Å². The van der Waals surface area contributed by atoms with Crippen molar-refractivity contribution in [2.75, 3.05) is 14.2 Å². The van der Waals surface area contributed by atoms with Crippen LogP contribution in [-0.2, 0) is 16.2 Å². The van der Waals surface area contributed by atoms with E-state index in [1.807, 2.05) is 18.2 Å². The first kappa shape index (κ1) is 16.4. The van der Waals surface area contributed by atoms with Crippen LogP contribution in [0.2, 0.25) is 0 Å². The minimum atomic E-state index is -0.348. The minimum absolute atomic E-state index is 0.274. The molecule has 0 spiro atoms. The molecule has 0 saturated carbocycles. The topological polar surface area (TPSA) is 35.5 Å². The minimum Gasteiger partial charge on any atom is -0.496 e. The molecule has 5 heteroatoms. The van der Waals surface area contributed by atoms with Crippen molar-refractivity contribution in [3.8, 4) is 5.75 Å². The van der Waals surface area contributed by atoms with Gasteiger partial charge in [-0.2, -0.15) is 11.8 Å². The molecule has 22 heavy (non-hydrogen) atoms. The molecule has 3 nitrogen and oxygen atoms in total. The molecule has 0 N–H and O–H groups in total. The lowest BCUT2D eigenvalue weighted by Gasteiger charge is -2.09. The Kier molecular flexibility index (Phi) is 5.83. The average molecular weight is 320 g/mol. The highest BCUT2D eigenvalue weighted by molar-refractivity contribution is 7.97. The van der Waals surface area contributed by atoms with Gasteiger partial charge in [0.1, 0.15) is 11.6 Å². The van der Waals surface area contributed by atoms with Gasteiger partial charge in [-0.3, -0.25) is 0 Å². The van der Waals surface area contributed by atoms with Crippen LogP contribution in [0.5, 0.6) is 5.75 Å². The molecule has 0 heterocycles. The fourth-order valence-electron chi connectivity index (χ4n) is 2.04. The standard InChI is InChI=1S/C17H17FO3S/c1-20-16-7-6-15(18)9-14(16)11-22-10-12-4-3-5-13(8-12)17(19)21-2/h3-9H,10-11H2,1-2H3. The van der Waals surface area contributed by atoms with Crippen molar-refractivity contribution in [1.82, 2.24) is 0 Å². The first-order valence-electron chi connectivity index (χ1n) is 6.71. The molecule has 0 amide bonds. The smallest absolute Gasteiger partial charge is 0.337 e. The van der Waals surface area contributed by atoms with Crippen molar-refractivity contribution < 1.29 is 18.7 Å². The Morgan fingerprint density at radius 3 is 2.68 bits per heavy atom. The highest BCUT2D eigenvalue weighted by Crippen LogP contribution is 2.26. The number of thioether (sulfide) groups is 1. The molecule has 2 aromatic rings. The van der Waals surface area contributed by atoms with Crippen molar-refractivity contribution in [3.05, 3.63) is 65.0 Å². The molecule has 0 aromatic heterocycles. The summed E-state index contributed by atoms with van der Waals surface area (Å²) >= 11 is 1.63. The van der Waals surface area contributed by atoms with Gasteiger partial charge in [0.2, 0.25) is 0 Å². The lowest BCUT2D eigenvalue weighted by molar-refractivity contribution is 0.0600. The Bertz CT molecular complexity index is 658. The molecular weight excluding hydrogens is 303 g/mol. The maximum atomic E-state index is 13.3. The lowest BCUT2D eigenvalue weighted by Crippen LogP contribution is -2.01. The van der Waals surface area contributed by atoms with Gasteiger partial charge in [-0.15, -0.1) is 0 Å². The Morgan fingerprint density at radius 1 is 1.14 bits per heavy atom. The van der Waals surface area contributed by atoms with Gasteiger partial charge in [0.05, 0.1) is 19.8 Å². The predicted molar refractivity (Wildman–Crippen MR) is 85.7 cm³/mol. The number of benzene rings is 2. The molecule has 0 aliphatic carbocycles. The molecule has 2 aromatic carbocycles. The number of ether oxygens (including phenoxy) is 2. The van der Waals surface area contributed by atoms with E-state index in [-0.39, 0.29) is 11.8 Å².